The van der Waals surface area contributed by atoms with E-state index in [1.165, 1.54) is 45.2 Å². The molecule has 0 N–H and O–H groups in total. The van der Waals surface area contributed by atoms with Gasteiger partial charge in [0.25, 0.3) is 0 Å². The zero-order chi connectivity index (χ0) is 20.4. The molecule has 0 unspecified atom stereocenters. The van der Waals surface area contributed by atoms with Crippen molar-refractivity contribution >= 4 is 29.5 Å². The minimum Gasteiger partial charge on any atom is -0.466 e. The standard InChI is InChI=1S/C19H21NO7/c1-6-27-15(21)11-7-9-12(10-8-11)20-14(17(23)26-5)13(16(22)25-4)19(2,3)18(20)24/h7-10H,6H2,1-5H3. The highest BCUT2D eigenvalue weighted by atomic mass is 16.5. The number of hydrogen-bond donors (Lipinski definition) is 0. The average Bonchev–Trinajstić information content (AvgIpc) is 2.87. The summed E-state index contributed by atoms with van der Waals surface area (Å²) in [6.07, 6.45) is 0. The second kappa shape index (κ2) is 7.61. The lowest BCUT2D eigenvalue weighted by Crippen LogP contribution is -2.35. The van der Waals surface area contributed by atoms with Gasteiger partial charge in [-0.1, -0.05) is 0 Å². The van der Waals surface area contributed by atoms with E-state index in [-0.39, 0.29) is 17.9 Å². The van der Waals surface area contributed by atoms with Gasteiger partial charge in [0.2, 0.25) is 5.91 Å². The zero-order valence-corrected chi connectivity index (χ0v) is 15.8. The second-order valence-electron chi connectivity index (χ2n) is 6.24. The molecule has 0 saturated carbocycles. The van der Waals surface area contributed by atoms with Crippen molar-refractivity contribution in [1.82, 2.24) is 0 Å². The average molecular weight is 375 g/mol. The van der Waals surface area contributed by atoms with Crippen LogP contribution in [0.1, 0.15) is 31.1 Å². The molecule has 1 aromatic rings. The maximum atomic E-state index is 13.0. The zero-order valence-electron chi connectivity index (χ0n) is 15.8. The van der Waals surface area contributed by atoms with Gasteiger partial charge < -0.3 is 14.2 Å². The molecule has 27 heavy (non-hydrogen) atoms. The van der Waals surface area contributed by atoms with Crippen molar-refractivity contribution in [3.8, 4) is 0 Å². The number of rotatable bonds is 5. The van der Waals surface area contributed by atoms with E-state index in [2.05, 4.69) is 0 Å². The lowest BCUT2D eigenvalue weighted by Gasteiger charge is -2.22. The minimum atomic E-state index is -1.30. The van der Waals surface area contributed by atoms with E-state index in [1.54, 1.807) is 6.92 Å². The van der Waals surface area contributed by atoms with Gasteiger partial charge >= 0.3 is 17.9 Å². The van der Waals surface area contributed by atoms with Gasteiger partial charge in [0.15, 0.2) is 0 Å². The third-order valence-electron chi connectivity index (χ3n) is 4.23. The van der Waals surface area contributed by atoms with Gasteiger partial charge in [0.1, 0.15) is 5.70 Å². The van der Waals surface area contributed by atoms with Gasteiger partial charge in [-0.05, 0) is 45.0 Å². The van der Waals surface area contributed by atoms with Crippen LogP contribution < -0.4 is 4.90 Å². The van der Waals surface area contributed by atoms with E-state index in [0.29, 0.717) is 11.3 Å². The molecule has 144 valence electrons. The van der Waals surface area contributed by atoms with Crippen molar-refractivity contribution in [3.05, 3.63) is 41.1 Å². The second-order valence-corrected chi connectivity index (χ2v) is 6.24. The van der Waals surface area contributed by atoms with E-state index < -0.39 is 29.2 Å². The summed E-state index contributed by atoms with van der Waals surface area (Å²) in [5, 5.41) is 0. The van der Waals surface area contributed by atoms with Gasteiger partial charge in [0.05, 0.1) is 37.4 Å². The molecule has 1 amide bonds. The van der Waals surface area contributed by atoms with Crippen LogP contribution >= 0.6 is 0 Å². The molecule has 0 radical (unpaired) electrons. The number of nitrogens with zero attached hydrogens (tertiary/aromatic N) is 1. The Balaban J connectivity index is 2.58. The van der Waals surface area contributed by atoms with Crippen molar-refractivity contribution < 1.29 is 33.4 Å². The van der Waals surface area contributed by atoms with Crippen molar-refractivity contribution in [2.24, 2.45) is 5.41 Å². The van der Waals surface area contributed by atoms with Crippen LogP contribution in [0.25, 0.3) is 0 Å². The Hall–Kier alpha value is -3.16. The number of amides is 1. The summed E-state index contributed by atoms with van der Waals surface area (Å²) in [5.41, 5.74) is -0.987. The fourth-order valence-corrected chi connectivity index (χ4v) is 2.85. The molecule has 2 rings (SSSR count). The lowest BCUT2D eigenvalue weighted by atomic mass is 9.85. The van der Waals surface area contributed by atoms with Gasteiger partial charge in [-0.3, -0.25) is 9.69 Å². The third kappa shape index (κ3) is 3.42. The first-order chi connectivity index (χ1) is 12.7. The van der Waals surface area contributed by atoms with Crippen molar-refractivity contribution in [3.63, 3.8) is 0 Å². The topological polar surface area (TPSA) is 99.2 Å². The Morgan fingerprint density at radius 3 is 2.00 bits per heavy atom. The smallest absolute Gasteiger partial charge is 0.355 e. The molecule has 1 aromatic carbocycles. The van der Waals surface area contributed by atoms with E-state index in [4.69, 9.17) is 14.2 Å². The summed E-state index contributed by atoms with van der Waals surface area (Å²) in [5.74, 6) is -2.63. The highest BCUT2D eigenvalue weighted by molar-refractivity contribution is 6.20. The Labute approximate surface area is 156 Å². The van der Waals surface area contributed by atoms with Crippen LogP contribution in [0, 0.1) is 5.41 Å². The molecule has 0 spiro atoms. The summed E-state index contributed by atoms with van der Waals surface area (Å²) in [7, 11) is 2.32. The van der Waals surface area contributed by atoms with Crippen LogP contribution in [-0.2, 0) is 28.6 Å². The highest BCUT2D eigenvalue weighted by Gasteiger charge is 2.52. The largest absolute Gasteiger partial charge is 0.466 e. The van der Waals surface area contributed by atoms with Gasteiger partial charge in [-0.2, -0.15) is 0 Å². The summed E-state index contributed by atoms with van der Waals surface area (Å²) < 4.78 is 14.5. The first-order valence-corrected chi connectivity index (χ1v) is 8.23. The molecule has 1 aliphatic rings. The number of carbonyl (C=O) groups excluding carboxylic acids is 4. The molecule has 8 heteroatoms. The SMILES string of the molecule is CCOC(=O)c1ccc(N2C(=O)C(C)(C)C(C(=O)OC)=C2C(=O)OC)cc1. The summed E-state index contributed by atoms with van der Waals surface area (Å²) in [6, 6.07) is 5.92. The fraction of sp³-hybridized carbons (Fsp3) is 0.368. The molecule has 1 aliphatic heterocycles. The van der Waals surface area contributed by atoms with Gasteiger partial charge in [-0.25, -0.2) is 14.4 Å². The molecule has 0 saturated heterocycles. The molecule has 0 atom stereocenters. The first-order valence-electron chi connectivity index (χ1n) is 8.23. The van der Waals surface area contributed by atoms with Gasteiger partial charge in [-0.15, -0.1) is 0 Å². The van der Waals surface area contributed by atoms with E-state index in [9.17, 15) is 19.2 Å². The van der Waals surface area contributed by atoms with Crippen LogP contribution in [0.2, 0.25) is 0 Å². The molecular weight excluding hydrogens is 354 g/mol. The summed E-state index contributed by atoms with van der Waals surface area (Å²) >= 11 is 0. The number of hydrogen-bond acceptors (Lipinski definition) is 7. The Kier molecular flexibility index (Phi) is 5.68. The minimum absolute atomic E-state index is 0.0867. The number of benzene rings is 1. The Bertz CT molecular complexity index is 821. The predicted molar refractivity (Wildman–Crippen MR) is 94.7 cm³/mol. The Morgan fingerprint density at radius 2 is 1.52 bits per heavy atom. The number of methoxy groups -OCH3 is 2. The molecule has 1 heterocycles. The number of ether oxygens (including phenoxy) is 3. The number of anilines is 1. The van der Waals surface area contributed by atoms with Crippen molar-refractivity contribution in [2.75, 3.05) is 25.7 Å². The molecule has 0 bridgehead atoms. The molecule has 0 aromatic heterocycles. The van der Waals surface area contributed by atoms with E-state index in [0.717, 1.165) is 12.0 Å². The number of esters is 3. The van der Waals surface area contributed by atoms with E-state index in [1.807, 2.05) is 0 Å². The van der Waals surface area contributed by atoms with Crippen LogP contribution in [0.4, 0.5) is 5.69 Å². The van der Waals surface area contributed by atoms with Crippen LogP contribution in [0.5, 0.6) is 0 Å². The summed E-state index contributed by atoms with van der Waals surface area (Å²) in [6.45, 7) is 4.98. The maximum absolute atomic E-state index is 13.0. The van der Waals surface area contributed by atoms with E-state index >= 15 is 0 Å². The predicted octanol–water partition coefficient (Wildman–Crippen LogP) is 1.84. The maximum Gasteiger partial charge on any atom is 0.355 e. The molecule has 8 nitrogen and oxygen atoms in total. The first kappa shape index (κ1) is 20.2. The van der Waals surface area contributed by atoms with Crippen molar-refractivity contribution in [1.29, 1.82) is 0 Å². The van der Waals surface area contributed by atoms with Crippen LogP contribution in [0.3, 0.4) is 0 Å². The number of carbonyl (C=O) groups is 4. The highest BCUT2D eigenvalue weighted by Crippen LogP contribution is 2.43. The van der Waals surface area contributed by atoms with Crippen molar-refractivity contribution in [2.45, 2.75) is 20.8 Å². The molecule has 0 aliphatic carbocycles. The third-order valence-corrected chi connectivity index (χ3v) is 4.23. The monoisotopic (exact) mass is 375 g/mol. The summed E-state index contributed by atoms with van der Waals surface area (Å²) in [4.78, 5) is 50.5. The molecule has 0 fully saturated rings. The Morgan fingerprint density at radius 1 is 0.963 bits per heavy atom. The normalized spacial score (nSPS) is 15.6. The van der Waals surface area contributed by atoms with Crippen LogP contribution in [-0.4, -0.2) is 44.6 Å². The van der Waals surface area contributed by atoms with Gasteiger partial charge in [0, 0.05) is 5.69 Å². The fourth-order valence-electron chi connectivity index (χ4n) is 2.85. The lowest BCUT2D eigenvalue weighted by molar-refractivity contribution is -0.140. The quantitative estimate of drug-likeness (QED) is 0.572. The van der Waals surface area contributed by atoms with Crippen LogP contribution in [0.15, 0.2) is 35.5 Å². The molecular formula is C19H21NO7.